The Kier molecular flexibility index (Phi) is 2.83. The van der Waals surface area contributed by atoms with E-state index in [4.69, 9.17) is 11.6 Å². The Labute approximate surface area is 106 Å². The molecule has 17 heavy (non-hydrogen) atoms. The highest BCUT2D eigenvalue weighted by atomic mass is 35.5. The van der Waals surface area contributed by atoms with E-state index in [1.807, 2.05) is 0 Å². The summed E-state index contributed by atoms with van der Waals surface area (Å²) in [6.45, 7) is 0.836. The Balaban J connectivity index is 1.65. The van der Waals surface area contributed by atoms with Crippen molar-refractivity contribution in [1.29, 1.82) is 0 Å². The van der Waals surface area contributed by atoms with Crippen molar-refractivity contribution in [2.24, 2.45) is 17.8 Å². The summed E-state index contributed by atoms with van der Waals surface area (Å²) in [6, 6.07) is 5.08. The molecule has 3 rings (SSSR count). The summed E-state index contributed by atoms with van der Waals surface area (Å²) in [7, 11) is 0. The maximum atomic E-state index is 13.7. The van der Waals surface area contributed by atoms with Gasteiger partial charge in [0.15, 0.2) is 5.82 Å². The first-order valence-corrected chi connectivity index (χ1v) is 6.48. The van der Waals surface area contributed by atoms with Crippen LogP contribution in [-0.2, 0) is 0 Å². The summed E-state index contributed by atoms with van der Waals surface area (Å²) in [5, 5.41) is 3.37. The molecule has 3 unspecified atom stereocenters. The van der Waals surface area contributed by atoms with Crippen LogP contribution in [0.1, 0.15) is 12.8 Å². The minimum Gasteiger partial charge on any atom is -0.382 e. The van der Waals surface area contributed by atoms with Crippen LogP contribution in [0.15, 0.2) is 30.4 Å². The number of nitrogens with one attached hydrogen (secondary N) is 1. The Bertz CT molecular complexity index is 458. The number of anilines is 1. The van der Waals surface area contributed by atoms with Gasteiger partial charge in [-0.25, -0.2) is 4.39 Å². The second-order valence-electron chi connectivity index (χ2n) is 5.02. The lowest BCUT2D eigenvalue weighted by molar-refractivity contribution is 0.470. The molecule has 0 spiro atoms. The van der Waals surface area contributed by atoms with Gasteiger partial charge in [0.1, 0.15) is 0 Å². The van der Waals surface area contributed by atoms with E-state index in [0.29, 0.717) is 17.5 Å². The average molecular weight is 252 g/mol. The van der Waals surface area contributed by atoms with Crippen molar-refractivity contribution in [1.82, 2.24) is 0 Å². The predicted molar refractivity (Wildman–Crippen MR) is 68.7 cm³/mol. The van der Waals surface area contributed by atoms with Crippen molar-refractivity contribution in [3.8, 4) is 0 Å². The molecule has 0 saturated heterocycles. The van der Waals surface area contributed by atoms with Crippen LogP contribution in [0, 0.1) is 23.6 Å². The van der Waals surface area contributed by atoms with Crippen LogP contribution in [0.5, 0.6) is 0 Å². The minimum absolute atomic E-state index is 0.183. The third-order valence-corrected chi connectivity index (χ3v) is 4.21. The molecular formula is C14H15ClFN. The Morgan fingerprint density at radius 1 is 1.29 bits per heavy atom. The number of fused-ring (bicyclic) bond motifs is 2. The summed E-state index contributed by atoms with van der Waals surface area (Å²) in [4.78, 5) is 0. The molecule has 2 bridgehead atoms. The molecule has 1 nitrogen and oxygen atoms in total. The Hall–Kier alpha value is -1.02. The zero-order chi connectivity index (χ0) is 11.8. The summed E-state index contributed by atoms with van der Waals surface area (Å²) in [5.74, 6) is 1.75. The first kappa shape index (κ1) is 11.1. The molecule has 0 amide bonds. The number of halogens is 2. The van der Waals surface area contributed by atoms with Crippen LogP contribution >= 0.6 is 11.6 Å². The highest BCUT2D eigenvalue weighted by Gasteiger charge is 2.35. The fourth-order valence-corrected chi connectivity index (χ4v) is 3.19. The fourth-order valence-electron chi connectivity index (χ4n) is 3.01. The molecule has 1 N–H and O–H groups in total. The SMILES string of the molecule is Fc1c(Cl)cccc1NCC1CC2C=CC1C2. The molecule has 0 aliphatic heterocycles. The lowest BCUT2D eigenvalue weighted by Crippen LogP contribution is -2.18. The lowest BCUT2D eigenvalue weighted by Gasteiger charge is -2.19. The second kappa shape index (κ2) is 4.34. The van der Waals surface area contributed by atoms with Crippen molar-refractivity contribution in [2.45, 2.75) is 12.8 Å². The minimum atomic E-state index is -0.340. The third kappa shape index (κ3) is 2.06. The standard InChI is InChI=1S/C14H15ClFN/c15-12-2-1-3-13(14(12)16)17-8-11-7-9-4-5-10(11)6-9/h1-5,9-11,17H,6-8H2. The number of benzene rings is 1. The van der Waals surface area contributed by atoms with Gasteiger partial charge in [-0.05, 0) is 42.7 Å². The van der Waals surface area contributed by atoms with Gasteiger partial charge in [-0.2, -0.15) is 0 Å². The van der Waals surface area contributed by atoms with Crippen molar-refractivity contribution in [3.63, 3.8) is 0 Å². The van der Waals surface area contributed by atoms with E-state index in [9.17, 15) is 4.39 Å². The van der Waals surface area contributed by atoms with E-state index in [-0.39, 0.29) is 10.8 Å². The van der Waals surface area contributed by atoms with E-state index in [1.54, 1.807) is 18.2 Å². The van der Waals surface area contributed by atoms with Gasteiger partial charge in [0.05, 0.1) is 10.7 Å². The van der Waals surface area contributed by atoms with E-state index in [0.717, 1.165) is 12.5 Å². The highest BCUT2D eigenvalue weighted by Crippen LogP contribution is 2.43. The van der Waals surface area contributed by atoms with Crippen LogP contribution in [0.3, 0.4) is 0 Å². The summed E-state index contributed by atoms with van der Waals surface area (Å²) >= 11 is 5.75. The molecule has 90 valence electrons. The molecule has 1 saturated carbocycles. The molecule has 0 radical (unpaired) electrons. The van der Waals surface area contributed by atoms with E-state index < -0.39 is 0 Å². The molecule has 1 aromatic carbocycles. The monoisotopic (exact) mass is 251 g/mol. The van der Waals surface area contributed by atoms with E-state index in [1.165, 1.54) is 12.8 Å². The number of rotatable bonds is 3. The van der Waals surface area contributed by atoms with Crippen LogP contribution in [0.4, 0.5) is 10.1 Å². The maximum absolute atomic E-state index is 13.7. The molecule has 0 heterocycles. The van der Waals surface area contributed by atoms with Gasteiger partial charge >= 0.3 is 0 Å². The Morgan fingerprint density at radius 3 is 2.88 bits per heavy atom. The topological polar surface area (TPSA) is 12.0 Å². The van der Waals surface area contributed by atoms with Crippen molar-refractivity contribution in [2.75, 3.05) is 11.9 Å². The van der Waals surface area contributed by atoms with Crippen molar-refractivity contribution < 1.29 is 4.39 Å². The zero-order valence-electron chi connectivity index (χ0n) is 9.50. The van der Waals surface area contributed by atoms with Crippen molar-refractivity contribution in [3.05, 3.63) is 41.2 Å². The number of allylic oxidation sites excluding steroid dienone is 2. The van der Waals surface area contributed by atoms with Crippen LogP contribution in [-0.4, -0.2) is 6.54 Å². The summed E-state index contributed by atoms with van der Waals surface area (Å²) in [6.07, 6.45) is 7.15. The maximum Gasteiger partial charge on any atom is 0.164 e. The molecule has 0 aromatic heterocycles. The smallest absolute Gasteiger partial charge is 0.164 e. The fraction of sp³-hybridized carbons (Fsp3) is 0.429. The quantitative estimate of drug-likeness (QED) is 0.798. The molecule has 2 aliphatic carbocycles. The summed E-state index contributed by atoms with van der Waals surface area (Å²) < 4.78 is 13.7. The van der Waals surface area contributed by atoms with Gasteiger partial charge in [0, 0.05) is 6.54 Å². The van der Waals surface area contributed by atoms with Gasteiger partial charge in [0.25, 0.3) is 0 Å². The molecule has 1 fully saturated rings. The molecule has 3 heteroatoms. The molecule has 2 aliphatic rings. The molecular weight excluding hydrogens is 237 g/mol. The number of hydrogen-bond donors (Lipinski definition) is 1. The van der Waals surface area contributed by atoms with E-state index >= 15 is 0 Å². The second-order valence-corrected chi connectivity index (χ2v) is 5.43. The van der Waals surface area contributed by atoms with Crippen LogP contribution in [0.2, 0.25) is 5.02 Å². The lowest BCUT2D eigenvalue weighted by atomic mass is 9.93. The van der Waals surface area contributed by atoms with Crippen LogP contribution in [0.25, 0.3) is 0 Å². The van der Waals surface area contributed by atoms with Gasteiger partial charge in [-0.1, -0.05) is 29.8 Å². The van der Waals surface area contributed by atoms with Crippen molar-refractivity contribution >= 4 is 17.3 Å². The third-order valence-electron chi connectivity index (χ3n) is 3.92. The van der Waals surface area contributed by atoms with E-state index in [2.05, 4.69) is 17.5 Å². The van der Waals surface area contributed by atoms with Gasteiger partial charge in [-0.15, -0.1) is 0 Å². The normalized spacial score (nSPS) is 29.9. The van der Waals surface area contributed by atoms with Gasteiger partial charge in [0.2, 0.25) is 0 Å². The average Bonchev–Trinajstić information content (AvgIpc) is 2.93. The number of hydrogen-bond acceptors (Lipinski definition) is 1. The highest BCUT2D eigenvalue weighted by molar-refractivity contribution is 6.31. The first-order chi connectivity index (χ1) is 8.24. The van der Waals surface area contributed by atoms with Gasteiger partial charge < -0.3 is 5.32 Å². The summed E-state index contributed by atoms with van der Waals surface area (Å²) in [5.41, 5.74) is 0.518. The largest absolute Gasteiger partial charge is 0.382 e. The predicted octanol–water partition coefficient (Wildman–Crippen LogP) is 4.10. The molecule has 3 atom stereocenters. The molecule has 1 aromatic rings. The van der Waals surface area contributed by atoms with Gasteiger partial charge in [-0.3, -0.25) is 0 Å². The Morgan fingerprint density at radius 2 is 2.18 bits per heavy atom. The van der Waals surface area contributed by atoms with Crippen LogP contribution < -0.4 is 5.32 Å². The first-order valence-electron chi connectivity index (χ1n) is 6.10. The zero-order valence-corrected chi connectivity index (χ0v) is 10.3.